The number of pyridine rings is 1. The van der Waals surface area contributed by atoms with Gasteiger partial charge in [0.1, 0.15) is 17.8 Å². The average molecular weight is 576 g/mol. The summed E-state index contributed by atoms with van der Waals surface area (Å²) in [5, 5.41) is 11.5. The van der Waals surface area contributed by atoms with Crippen LogP contribution in [0.15, 0.2) is 54.6 Å². The molecule has 1 aliphatic rings. The lowest BCUT2D eigenvalue weighted by molar-refractivity contribution is -0.184. The third-order valence-electron chi connectivity index (χ3n) is 6.88. The average Bonchev–Trinajstić information content (AvgIpc) is 3.74. The second kappa shape index (κ2) is 11.7. The second-order valence-corrected chi connectivity index (χ2v) is 10.9. The smallest absolute Gasteiger partial charge is 0.401 e. The van der Waals surface area contributed by atoms with E-state index < -0.39 is 35.4 Å². The maximum absolute atomic E-state index is 14.7. The zero-order valence-electron chi connectivity index (χ0n) is 23.0. The van der Waals surface area contributed by atoms with E-state index in [1.54, 1.807) is 19.9 Å². The zero-order chi connectivity index (χ0) is 30.0. The molecule has 4 rings (SSSR count). The van der Waals surface area contributed by atoms with E-state index in [0.29, 0.717) is 16.9 Å². The molecule has 1 aliphatic carbocycles. The Hall–Kier alpha value is -3.70. The van der Waals surface area contributed by atoms with Gasteiger partial charge in [-0.1, -0.05) is 0 Å². The van der Waals surface area contributed by atoms with Gasteiger partial charge in [-0.25, -0.2) is 4.39 Å². The van der Waals surface area contributed by atoms with E-state index in [1.807, 2.05) is 0 Å². The number of alkyl halides is 3. The van der Waals surface area contributed by atoms with Gasteiger partial charge in [-0.3, -0.25) is 9.78 Å². The third-order valence-corrected chi connectivity index (χ3v) is 6.88. The first kappa shape index (κ1) is 30.3. The maximum atomic E-state index is 14.7. The summed E-state index contributed by atoms with van der Waals surface area (Å²) in [4.78, 5) is 17.4. The number of ether oxygens (including phenoxy) is 2. The number of hydrogen-bond acceptors (Lipinski definition) is 6. The highest BCUT2D eigenvalue weighted by Gasteiger charge is 2.54. The van der Waals surface area contributed by atoms with Crippen molar-refractivity contribution in [3.8, 4) is 22.8 Å². The molecule has 0 aliphatic heterocycles. The molecule has 1 atom stereocenters. The number of aliphatic hydroxyl groups excluding tert-OH is 1. The molecule has 220 valence electrons. The van der Waals surface area contributed by atoms with Gasteiger partial charge in [0.25, 0.3) is 5.91 Å². The molecular weight excluding hydrogens is 542 g/mol. The van der Waals surface area contributed by atoms with Crippen LogP contribution in [0, 0.1) is 5.82 Å². The number of aliphatic hydroxyl groups is 1. The van der Waals surface area contributed by atoms with Crippen LogP contribution in [0.4, 0.5) is 17.6 Å². The van der Waals surface area contributed by atoms with Crippen LogP contribution in [-0.4, -0.2) is 48.0 Å². The first-order chi connectivity index (χ1) is 19.2. The molecule has 4 N–H and O–H groups in total. The summed E-state index contributed by atoms with van der Waals surface area (Å²) >= 11 is 0. The molecule has 11 heteroatoms. The summed E-state index contributed by atoms with van der Waals surface area (Å²) in [6.07, 6.45) is -3.00. The predicted octanol–water partition coefficient (Wildman–Crippen LogP) is 5.24. The van der Waals surface area contributed by atoms with Crippen molar-refractivity contribution in [3.05, 3.63) is 77.2 Å². The van der Waals surface area contributed by atoms with Gasteiger partial charge < -0.3 is 25.6 Å². The Morgan fingerprint density at radius 1 is 1.05 bits per heavy atom. The highest BCUT2D eigenvalue weighted by atomic mass is 19.4. The molecule has 0 radical (unpaired) electrons. The SMILES string of the molecule is CC(C)(N)c1cc(-c2ccc(F)cc2)nc(C(C)(CNC(=O)c2ccc(OC3CC3)c(OCCO)c2)C(F)(F)F)c1. The Morgan fingerprint density at radius 2 is 1.73 bits per heavy atom. The van der Waals surface area contributed by atoms with Gasteiger partial charge in [-0.2, -0.15) is 13.2 Å². The monoisotopic (exact) mass is 575 g/mol. The summed E-state index contributed by atoms with van der Waals surface area (Å²) in [5.74, 6) is -0.664. The van der Waals surface area contributed by atoms with Crippen molar-refractivity contribution < 1.29 is 36.9 Å². The molecule has 7 nitrogen and oxygen atoms in total. The molecule has 0 saturated heterocycles. The number of carbonyl (C=O) groups is 1. The van der Waals surface area contributed by atoms with Gasteiger partial charge in [0.15, 0.2) is 11.5 Å². The van der Waals surface area contributed by atoms with Crippen LogP contribution in [0.5, 0.6) is 11.5 Å². The standard InChI is InChI=1S/C30H33F4N3O4/c1-28(2,35)20-15-23(18-4-7-21(31)8-5-18)37-26(16-20)29(3,30(32,33)34)17-36-27(39)19-6-11-24(41-22-9-10-22)25(14-19)40-13-12-38/h4-8,11,14-16,22,38H,9-10,12-13,17,35H2,1-3H3,(H,36,39). The lowest BCUT2D eigenvalue weighted by Gasteiger charge is -2.33. The van der Waals surface area contributed by atoms with Crippen LogP contribution in [0.3, 0.4) is 0 Å². The number of aromatic nitrogens is 1. The van der Waals surface area contributed by atoms with Crippen LogP contribution < -0.4 is 20.5 Å². The van der Waals surface area contributed by atoms with Gasteiger partial charge in [-0.15, -0.1) is 0 Å². The summed E-state index contributed by atoms with van der Waals surface area (Å²) in [5.41, 5.74) is 3.35. The first-order valence-corrected chi connectivity index (χ1v) is 13.2. The summed E-state index contributed by atoms with van der Waals surface area (Å²) in [7, 11) is 0. The molecule has 3 aromatic rings. The lowest BCUT2D eigenvalue weighted by Crippen LogP contribution is -2.49. The van der Waals surface area contributed by atoms with Gasteiger partial charge in [0.05, 0.1) is 24.1 Å². The van der Waals surface area contributed by atoms with Crippen molar-refractivity contribution in [2.75, 3.05) is 19.8 Å². The Balaban J connectivity index is 1.66. The fourth-order valence-corrected chi connectivity index (χ4v) is 4.03. The fourth-order valence-electron chi connectivity index (χ4n) is 4.03. The highest BCUT2D eigenvalue weighted by molar-refractivity contribution is 5.95. The maximum Gasteiger partial charge on any atom is 0.401 e. The Kier molecular flexibility index (Phi) is 8.60. The molecule has 1 saturated carbocycles. The molecule has 41 heavy (non-hydrogen) atoms. The van der Waals surface area contributed by atoms with E-state index in [0.717, 1.165) is 19.8 Å². The second-order valence-electron chi connectivity index (χ2n) is 10.9. The van der Waals surface area contributed by atoms with E-state index in [2.05, 4.69) is 10.3 Å². The number of hydrogen-bond donors (Lipinski definition) is 3. The summed E-state index contributed by atoms with van der Waals surface area (Å²) in [6, 6.07) is 12.4. The number of carbonyl (C=O) groups excluding carboxylic acids is 1. The van der Waals surface area contributed by atoms with Crippen molar-refractivity contribution in [1.82, 2.24) is 10.3 Å². The van der Waals surface area contributed by atoms with Crippen LogP contribution in [0.25, 0.3) is 11.3 Å². The Labute approximate surface area is 235 Å². The van der Waals surface area contributed by atoms with Gasteiger partial charge in [0, 0.05) is 23.2 Å². The predicted molar refractivity (Wildman–Crippen MR) is 145 cm³/mol. The summed E-state index contributed by atoms with van der Waals surface area (Å²) in [6.45, 7) is 3.12. The van der Waals surface area contributed by atoms with E-state index >= 15 is 0 Å². The minimum absolute atomic E-state index is 0.0419. The number of rotatable bonds is 11. The van der Waals surface area contributed by atoms with Crippen molar-refractivity contribution in [3.63, 3.8) is 0 Å². The van der Waals surface area contributed by atoms with Gasteiger partial charge in [0.2, 0.25) is 0 Å². The number of amides is 1. The molecule has 2 aromatic carbocycles. The number of nitrogens with one attached hydrogen (secondary N) is 1. The van der Waals surface area contributed by atoms with Crippen molar-refractivity contribution in [1.29, 1.82) is 0 Å². The first-order valence-electron chi connectivity index (χ1n) is 13.2. The third kappa shape index (κ3) is 7.15. The summed E-state index contributed by atoms with van der Waals surface area (Å²) < 4.78 is 68.9. The van der Waals surface area contributed by atoms with E-state index in [9.17, 15) is 22.4 Å². The molecule has 1 heterocycles. The van der Waals surface area contributed by atoms with E-state index in [4.69, 9.17) is 20.3 Å². The molecule has 1 aromatic heterocycles. The number of nitrogens with two attached hydrogens (primary N) is 1. The minimum atomic E-state index is -4.82. The van der Waals surface area contributed by atoms with Crippen LogP contribution in [0.1, 0.15) is 55.2 Å². The normalized spacial score (nSPS) is 15.2. The molecular formula is C30H33F4N3O4. The van der Waals surface area contributed by atoms with Gasteiger partial charge >= 0.3 is 6.18 Å². The number of nitrogens with zero attached hydrogens (tertiary/aromatic N) is 1. The molecule has 0 spiro atoms. The number of halogens is 4. The van der Waals surface area contributed by atoms with Crippen molar-refractivity contribution >= 4 is 5.91 Å². The molecule has 1 unspecified atom stereocenters. The zero-order valence-corrected chi connectivity index (χ0v) is 23.0. The largest absolute Gasteiger partial charge is 0.487 e. The fraction of sp³-hybridized carbons (Fsp3) is 0.400. The quantitative estimate of drug-likeness (QED) is 0.270. The molecule has 1 amide bonds. The Bertz CT molecular complexity index is 1390. The number of benzene rings is 2. The van der Waals surface area contributed by atoms with Crippen LogP contribution in [0.2, 0.25) is 0 Å². The highest BCUT2D eigenvalue weighted by Crippen LogP contribution is 2.42. The lowest BCUT2D eigenvalue weighted by atomic mass is 9.82. The van der Waals surface area contributed by atoms with E-state index in [1.165, 1.54) is 48.5 Å². The van der Waals surface area contributed by atoms with Crippen molar-refractivity contribution in [2.45, 2.75) is 56.8 Å². The topological polar surface area (TPSA) is 107 Å². The molecule has 0 bridgehead atoms. The minimum Gasteiger partial charge on any atom is -0.487 e. The van der Waals surface area contributed by atoms with Crippen molar-refractivity contribution in [2.24, 2.45) is 5.73 Å². The van der Waals surface area contributed by atoms with Gasteiger partial charge in [-0.05, 0) is 93.8 Å². The van der Waals surface area contributed by atoms with Crippen LogP contribution in [-0.2, 0) is 11.0 Å². The Morgan fingerprint density at radius 3 is 2.32 bits per heavy atom. The molecule has 1 fully saturated rings. The van der Waals surface area contributed by atoms with Crippen LogP contribution >= 0.6 is 0 Å². The van der Waals surface area contributed by atoms with E-state index in [-0.39, 0.29) is 42.0 Å².